The Kier molecular flexibility index (Phi) is 3.92. The summed E-state index contributed by atoms with van der Waals surface area (Å²) in [7, 11) is -1.78. The van der Waals surface area contributed by atoms with Gasteiger partial charge in [-0.1, -0.05) is 24.6 Å². The van der Waals surface area contributed by atoms with E-state index in [1.54, 1.807) is 7.11 Å². The second-order valence-corrected chi connectivity index (χ2v) is 6.22. The van der Waals surface area contributed by atoms with Crippen LogP contribution in [0, 0.1) is 0 Å². The second-order valence-electron chi connectivity index (χ2n) is 4.62. The Morgan fingerprint density at radius 2 is 1.94 bits per heavy atom. The molecule has 1 aromatic rings. The van der Waals surface area contributed by atoms with Crippen LogP contribution in [0.4, 0.5) is 0 Å². The van der Waals surface area contributed by atoms with Gasteiger partial charge in [0.15, 0.2) is 0 Å². The molecular formula is C13H18O4S. The fourth-order valence-electron chi connectivity index (χ4n) is 2.59. The van der Waals surface area contributed by atoms with E-state index in [-0.39, 0.29) is 12.0 Å². The lowest BCUT2D eigenvalue weighted by Gasteiger charge is -2.21. The van der Waals surface area contributed by atoms with Gasteiger partial charge >= 0.3 is 0 Å². The Morgan fingerprint density at radius 3 is 2.61 bits per heavy atom. The highest BCUT2D eigenvalue weighted by Gasteiger charge is 2.33. The molecule has 0 aliphatic heterocycles. The van der Waals surface area contributed by atoms with E-state index in [1.165, 1.54) is 0 Å². The van der Waals surface area contributed by atoms with Crippen LogP contribution >= 0.6 is 0 Å². The molecule has 100 valence electrons. The Hall–Kier alpha value is -1.07. The van der Waals surface area contributed by atoms with Crippen molar-refractivity contribution in [3.8, 4) is 5.75 Å². The van der Waals surface area contributed by atoms with Crippen LogP contribution < -0.4 is 4.74 Å². The van der Waals surface area contributed by atoms with E-state index in [2.05, 4.69) is 0 Å². The molecule has 18 heavy (non-hydrogen) atoms. The third-order valence-corrected chi connectivity index (χ3v) is 3.89. The molecule has 1 fully saturated rings. The normalized spacial score (nSPS) is 24.1. The molecule has 1 aromatic carbocycles. The van der Waals surface area contributed by atoms with Gasteiger partial charge in [0.2, 0.25) is 0 Å². The predicted octanol–water partition coefficient (Wildman–Crippen LogP) is 2.31. The van der Waals surface area contributed by atoms with Gasteiger partial charge in [0.25, 0.3) is 10.1 Å². The van der Waals surface area contributed by atoms with Crippen LogP contribution in [0.25, 0.3) is 0 Å². The average Bonchev–Trinajstić information content (AvgIpc) is 2.74. The van der Waals surface area contributed by atoms with Crippen molar-refractivity contribution in [1.29, 1.82) is 0 Å². The molecule has 0 saturated heterocycles. The summed E-state index contributed by atoms with van der Waals surface area (Å²) >= 11 is 0. The Labute approximate surface area is 108 Å². The van der Waals surface area contributed by atoms with Crippen LogP contribution in [0.5, 0.6) is 5.75 Å². The highest BCUT2D eigenvalue weighted by atomic mass is 32.2. The third kappa shape index (κ3) is 3.03. The van der Waals surface area contributed by atoms with Gasteiger partial charge < -0.3 is 4.74 Å². The van der Waals surface area contributed by atoms with Crippen molar-refractivity contribution in [2.24, 2.45) is 0 Å². The molecule has 0 N–H and O–H groups in total. The van der Waals surface area contributed by atoms with E-state index in [1.807, 2.05) is 24.3 Å². The molecule has 0 aromatic heterocycles. The largest absolute Gasteiger partial charge is 0.496 e. The van der Waals surface area contributed by atoms with Crippen LogP contribution in [-0.2, 0) is 14.3 Å². The van der Waals surface area contributed by atoms with Gasteiger partial charge in [-0.15, -0.1) is 0 Å². The molecule has 4 nitrogen and oxygen atoms in total. The lowest BCUT2D eigenvalue weighted by Crippen LogP contribution is -2.20. The minimum absolute atomic E-state index is 0.0934. The number of para-hydroxylation sites is 1. The highest BCUT2D eigenvalue weighted by Crippen LogP contribution is 2.40. The molecule has 2 atom stereocenters. The van der Waals surface area contributed by atoms with E-state index in [0.29, 0.717) is 0 Å². The minimum atomic E-state index is -3.41. The zero-order valence-corrected chi connectivity index (χ0v) is 11.4. The number of ether oxygens (including phenoxy) is 1. The maximum atomic E-state index is 11.3. The fourth-order valence-corrected chi connectivity index (χ4v) is 3.27. The molecule has 0 heterocycles. The van der Waals surface area contributed by atoms with Crippen molar-refractivity contribution < 1.29 is 17.3 Å². The monoisotopic (exact) mass is 270 g/mol. The Balaban J connectivity index is 2.26. The maximum Gasteiger partial charge on any atom is 0.264 e. The molecule has 1 aliphatic rings. The van der Waals surface area contributed by atoms with Crippen LogP contribution in [0.2, 0.25) is 0 Å². The van der Waals surface area contributed by atoms with Gasteiger partial charge in [-0.2, -0.15) is 8.42 Å². The van der Waals surface area contributed by atoms with Crippen molar-refractivity contribution in [3.63, 3.8) is 0 Å². The molecule has 0 bridgehead atoms. The molecule has 2 rings (SSSR count). The Morgan fingerprint density at radius 1 is 1.22 bits per heavy atom. The quantitative estimate of drug-likeness (QED) is 0.788. The van der Waals surface area contributed by atoms with Crippen molar-refractivity contribution in [3.05, 3.63) is 29.8 Å². The summed E-state index contributed by atoms with van der Waals surface area (Å²) in [4.78, 5) is 0. The van der Waals surface area contributed by atoms with E-state index in [4.69, 9.17) is 8.92 Å². The topological polar surface area (TPSA) is 52.6 Å². The molecule has 0 amide bonds. The summed E-state index contributed by atoms with van der Waals surface area (Å²) in [5.74, 6) is 0.891. The number of methoxy groups -OCH3 is 1. The van der Waals surface area contributed by atoms with E-state index in [9.17, 15) is 8.42 Å². The maximum absolute atomic E-state index is 11.3. The summed E-state index contributed by atoms with van der Waals surface area (Å²) in [6.45, 7) is 0. The summed E-state index contributed by atoms with van der Waals surface area (Å²) in [5.41, 5.74) is 1.03. The third-order valence-electron chi connectivity index (χ3n) is 3.29. The highest BCUT2D eigenvalue weighted by molar-refractivity contribution is 7.86. The van der Waals surface area contributed by atoms with Crippen LogP contribution in [-0.4, -0.2) is 27.9 Å². The predicted molar refractivity (Wildman–Crippen MR) is 69.3 cm³/mol. The molecule has 0 spiro atoms. The lowest BCUT2D eigenvalue weighted by molar-refractivity contribution is 0.198. The average molecular weight is 270 g/mol. The molecular weight excluding hydrogens is 252 g/mol. The smallest absolute Gasteiger partial charge is 0.264 e. The van der Waals surface area contributed by atoms with E-state index in [0.717, 1.165) is 36.8 Å². The number of hydrogen-bond acceptors (Lipinski definition) is 4. The van der Waals surface area contributed by atoms with Crippen LogP contribution in [0.3, 0.4) is 0 Å². The fraction of sp³-hybridized carbons (Fsp3) is 0.538. The van der Waals surface area contributed by atoms with Crippen molar-refractivity contribution in [1.82, 2.24) is 0 Å². The summed E-state index contributed by atoms with van der Waals surface area (Å²) in [5, 5.41) is 0. The zero-order chi connectivity index (χ0) is 13.2. The van der Waals surface area contributed by atoms with Gasteiger partial charge in [0.05, 0.1) is 19.5 Å². The molecule has 5 heteroatoms. The molecule has 0 radical (unpaired) electrons. The van der Waals surface area contributed by atoms with Gasteiger partial charge in [0, 0.05) is 5.92 Å². The molecule has 2 unspecified atom stereocenters. The summed E-state index contributed by atoms with van der Waals surface area (Å²) < 4.78 is 33.0. The van der Waals surface area contributed by atoms with Crippen molar-refractivity contribution >= 4 is 10.1 Å². The van der Waals surface area contributed by atoms with E-state index < -0.39 is 10.1 Å². The first-order chi connectivity index (χ1) is 8.51. The molecule has 1 saturated carbocycles. The number of benzene rings is 1. The second kappa shape index (κ2) is 5.28. The lowest BCUT2D eigenvalue weighted by atomic mass is 9.95. The van der Waals surface area contributed by atoms with Gasteiger partial charge in [-0.05, 0) is 24.5 Å². The summed E-state index contributed by atoms with van der Waals surface area (Å²) in [6, 6.07) is 7.72. The first-order valence-corrected chi connectivity index (χ1v) is 7.84. The number of hydrogen-bond donors (Lipinski definition) is 0. The standard InChI is InChI=1S/C13H18O4S/c1-16-12-8-4-3-6-10(12)11-7-5-9-13(11)17-18(2,14)15/h3-4,6,8,11,13H,5,7,9H2,1-2H3. The van der Waals surface area contributed by atoms with Crippen LogP contribution in [0.1, 0.15) is 30.7 Å². The van der Waals surface area contributed by atoms with E-state index >= 15 is 0 Å². The van der Waals surface area contributed by atoms with Gasteiger partial charge in [-0.3, -0.25) is 4.18 Å². The first kappa shape index (κ1) is 13.4. The summed E-state index contributed by atoms with van der Waals surface area (Å²) in [6.07, 6.45) is 3.51. The Bertz CT molecular complexity index is 509. The number of rotatable bonds is 4. The van der Waals surface area contributed by atoms with Gasteiger partial charge in [-0.25, -0.2) is 0 Å². The first-order valence-electron chi connectivity index (χ1n) is 6.02. The zero-order valence-electron chi connectivity index (χ0n) is 10.6. The molecule has 1 aliphatic carbocycles. The van der Waals surface area contributed by atoms with Crippen molar-refractivity contribution in [2.45, 2.75) is 31.3 Å². The SMILES string of the molecule is COc1ccccc1C1CCCC1OS(C)(=O)=O. The van der Waals surface area contributed by atoms with Crippen molar-refractivity contribution in [2.75, 3.05) is 13.4 Å². The van der Waals surface area contributed by atoms with Gasteiger partial charge in [0.1, 0.15) is 5.75 Å². The minimum Gasteiger partial charge on any atom is -0.496 e. The van der Waals surface area contributed by atoms with Crippen LogP contribution in [0.15, 0.2) is 24.3 Å².